The highest BCUT2D eigenvalue weighted by Crippen LogP contribution is 2.21. The molecule has 2 heterocycles. The number of likely N-dealkylation sites (tertiary alicyclic amines) is 1. The number of methoxy groups -OCH3 is 1. The van der Waals surface area contributed by atoms with Crippen molar-refractivity contribution in [1.29, 1.82) is 0 Å². The highest BCUT2D eigenvalue weighted by atomic mass is 16.5. The lowest BCUT2D eigenvalue weighted by molar-refractivity contribution is 0.175. The molecule has 116 valence electrons. The predicted molar refractivity (Wildman–Crippen MR) is 81.9 cm³/mol. The molecule has 0 spiro atoms. The first-order valence-electron chi connectivity index (χ1n) is 7.32. The largest absolute Gasteiger partial charge is 0.497 e. The third kappa shape index (κ3) is 3.19. The summed E-state index contributed by atoms with van der Waals surface area (Å²) < 4.78 is 5.10. The summed E-state index contributed by atoms with van der Waals surface area (Å²) in [5, 5.41) is 11.2. The highest BCUT2D eigenvalue weighted by Gasteiger charge is 2.24. The van der Waals surface area contributed by atoms with E-state index in [1.54, 1.807) is 24.3 Å². The summed E-state index contributed by atoms with van der Waals surface area (Å²) in [5.74, 6) is 0.769. The van der Waals surface area contributed by atoms with Gasteiger partial charge in [0, 0.05) is 18.8 Å². The van der Waals surface area contributed by atoms with Gasteiger partial charge in [-0.15, -0.1) is 0 Å². The lowest BCUT2D eigenvalue weighted by atomic mass is 10.1. The van der Waals surface area contributed by atoms with Gasteiger partial charge in [0.05, 0.1) is 25.5 Å². The number of anilines is 1. The third-order valence-corrected chi connectivity index (χ3v) is 3.86. The van der Waals surface area contributed by atoms with Crippen molar-refractivity contribution in [1.82, 2.24) is 19.9 Å². The Morgan fingerprint density at radius 2 is 1.82 bits per heavy atom. The Balaban J connectivity index is 1.53. The van der Waals surface area contributed by atoms with Crippen molar-refractivity contribution in [2.75, 3.05) is 25.5 Å². The van der Waals surface area contributed by atoms with Gasteiger partial charge in [-0.2, -0.15) is 15.0 Å². The summed E-state index contributed by atoms with van der Waals surface area (Å²) in [4.78, 5) is 15.8. The van der Waals surface area contributed by atoms with Crippen LogP contribution in [0.4, 0.5) is 10.5 Å². The topological polar surface area (TPSA) is 72.3 Å². The molecule has 1 aromatic carbocycles. The number of carbonyl (C=O) groups excluding carboxylic acids is 1. The van der Waals surface area contributed by atoms with E-state index in [0.717, 1.165) is 24.3 Å². The van der Waals surface area contributed by atoms with Crippen molar-refractivity contribution in [2.24, 2.45) is 0 Å². The maximum Gasteiger partial charge on any atom is 0.321 e. The van der Waals surface area contributed by atoms with Gasteiger partial charge in [-0.3, -0.25) is 0 Å². The molecule has 22 heavy (non-hydrogen) atoms. The highest BCUT2D eigenvalue weighted by molar-refractivity contribution is 5.89. The number of ether oxygens (including phenoxy) is 1. The van der Waals surface area contributed by atoms with E-state index in [2.05, 4.69) is 15.5 Å². The number of hydrogen-bond acceptors (Lipinski definition) is 4. The molecular formula is C15H19N5O2. The zero-order valence-corrected chi connectivity index (χ0v) is 12.5. The molecule has 0 saturated carbocycles. The molecule has 0 bridgehead atoms. The number of aromatic nitrogens is 3. The summed E-state index contributed by atoms with van der Waals surface area (Å²) in [5.41, 5.74) is 0.765. The quantitative estimate of drug-likeness (QED) is 0.943. The molecule has 2 aromatic rings. The number of nitrogens with zero attached hydrogens (tertiary/aromatic N) is 4. The lowest BCUT2D eigenvalue weighted by Gasteiger charge is -2.31. The van der Waals surface area contributed by atoms with Crippen molar-refractivity contribution in [2.45, 2.75) is 18.9 Å². The summed E-state index contributed by atoms with van der Waals surface area (Å²) in [6.07, 6.45) is 5.10. The van der Waals surface area contributed by atoms with Crippen molar-refractivity contribution < 1.29 is 9.53 Å². The Bertz CT molecular complexity index is 603. The van der Waals surface area contributed by atoms with E-state index in [4.69, 9.17) is 4.74 Å². The Morgan fingerprint density at radius 1 is 1.18 bits per heavy atom. The van der Waals surface area contributed by atoms with Gasteiger partial charge >= 0.3 is 6.03 Å². The van der Waals surface area contributed by atoms with E-state index in [0.29, 0.717) is 13.1 Å². The van der Waals surface area contributed by atoms with Gasteiger partial charge in [0.15, 0.2) is 0 Å². The van der Waals surface area contributed by atoms with Gasteiger partial charge in [0.1, 0.15) is 5.75 Å². The van der Waals surface area contributed by atoms with Crippen LogP contribution in [0.3, 0.4) is 0 Å². The molecule has 0 radical (unpaired) electrons. The second kappa shape index (κ2) is 6.46. The Morgan fingerprint density at radius 3 is 2.41 bits per heavy atom. The SMILES string of the molecule is COc1ccc(NC(=O)N2CCC(n3nccn3)CC2)cc1. The minimum absolute atomic E-state index is 0.0722. The molecule has 7 nitrogen and oxygen atoms in total. The average Bonchev–Trinajstić information content (AvgIpc) is 3.10. The second-order valence-corrected chi connectivity index (χ2v) is 5.23. The van der Waals surface area contributed by atoms with E-state index < -0.39 is 0 Å². The number of benzene rings is 1. The Labute approximate surface area is 128 Å². The first kappa shape index (κ1) is 14.4. The van der Waals surface area contributed by atoms with Crippen LogP contribution < -0.4 is 10.1 Å². The third-order valence-electron chi connectivity index (χ3n) is 3.86. The molecule has 1 aliphatic heterocycles. The van der Waals surface area contributed by atoms with Crippen molar-refractivity contribution in [3.05, 3.63) is 36.7 Å². The van der Waals surface area contributed by atoms with Gasteiger partial charge in [0.25, 0.3) is 0 Å². The molecule has 0 unspecified atom stereocenters. The molecule has 2 amide bonds. The predicted octanol–water partition coefficient (Wildman–Crippen LogP) is 2.16. The molecule has 1 fully saturated rings. The van der Waals surface area contributed by atoms with Gasteiger partial charge in [-0.05, 0) is 37.1 Å². The molecule has 1 aromatic heterocycles. The fourth-order valence-corrected chi connectivity index (χ4v) is 2.59. The van der Waals surface area contributed by atoms with Crippen LogP contribution in [0.25, 0.3) is 0 Å². The fraction of sp³-hybridized carbons (Fsp3) is 0.400. The van der Waals surface area contributed by atoms with Crippen LogP contribution in [-0.2, 0) is 0 Å². The number of rotatable bonds is 3. The van der Waals surface area contributed by atoms with Gasteiger partial charge in [-0.1, -0.05) is 0 Å². The van der Waals surface area contributed by atoms with Gasteiger partial charge in [0.2, 0.25) is 0 Å². The number of nitrogens with one attached hydrogen (secondary N) is 1. The van der Waals surface area contributed by atoms with E-state index in [-0.39, 0.29) is 12.1 Å². The summed E-state index contributed by atoms with van der Waals surface area (Å²) >= 11 is 0. The van der Waals surface area contributed by atoms with Crippen LogP contribution in [0.5, 0.6) is 5.75 Å². The fourth-order valence-electron chi connectivity index (χ4n) is 2.59. The zero-order valence-electron chi connectivity index (χ0n) is 12.5. The molecule has 0 aliphatic carbocycles. The molecule has 3 rings (SSSR count). The Hall–Kier alpha value is -2.57. The average molecular weight is 301 g/mol. The minimum atomic E-state index is -0.0722. The molecular weight excluding hydrogens is 282 g/mol. The summed E-state index contributed by atoms with van der Waals surface area (Å²) in [6, 6.07) is 7.52. The van der Waals surface area contributed by atoms with Crippen LogP contribution in [0.15, 0.2) is 36.7 Å². The monoisotopic (exact) mass is 301 g/mol. The number of amides is 2. The lowest BCUT2D eigenvalue weighted by Crippen LogP contribution is -2.41. The molecule has 7 heteroatoms. The van der Waals surface area contributed by atoms with Gasteiger partial charge in [-0.25, -0.2) is 4.79 Å². The van der Waals surface area contributed by atoms with Crippen LogP contribution in [-0.4, -0.2) is 46.1 Å². The zero-order chi connectivity index (χ0) is 15.4. The smallest absolute Gasteiger partial charge is 0.321 e. The molecule has 1 aliphatic rings. The van der Waals surface area contributed by atoms with Gasteiger partial charge < -0.3 is 15.0 Å². The maximum absolute atomic E-state index is 12.3. The van der Waals surface area contributed by atoms with Crippen molar-refractivity contribution in [3.63, 3.8) is 0 Å². The van der Waals surface area contributed by atoms with Crippen molar-refractivity contribution in [3.8, 4) is 5.75 Å². The molecule has 1 N–H and O–H groups in total. The van der Waals surface area contributed by atoms with Crippen LogP contribution in [0.2, 0.25) is 0 Å². The minimum Gasteiger partial charge on any atom is -0.497 e. The summed E-state index contributed by atoms with van der Waals surface area (Å²) in [7, 11) is 1.62. The second-order valence-electron chi connectivity index (χ2n) is 5.23. The number of piperidine rings is 1. The van der Waals surface area contributed by atoms with E-state index in [1.165, 1.54) is 0 Å². The maximum atomic E-state index is 12.3. The number of carbonyl (C=O) groups is 1. The van der Waals surface area contributed by atoms with E-state index in [1.807, 2.05) is 29.2 Å². The molecule has 1 saturated heterocycles. The van der Waals surface area contributed by atoms with E-state index in [9.17, 15) is 4.79 Å². The first-order valence-corrected chi connectivity index (χ1v) is 7.32. The van der Waals surface area contributed by atoms with Crippen LogP contribution in [0, 0.1) is 0 Å². The molecule has 0 atom stereocenters. The normalized spacial score (nSPS) is 15.6. The Kier molecular flexibility index (Phi) is 4.22. The van der Waals surface area contributed by atoms with E-state index >= 15 is 0 Å². The summed E-state index contributed by atoms with van der Waals surface area (Å²) in [6.45, 7) is 1.41. The van der Waals surface area contributed by atoms with Crippen LogP contribution in [0.1, 0.15) is 18.9 Å². The van der Waals surface area contributed by atoms with Crippen LogP contribution >= 0.6 is 0 Å². The standard InChI is InChI=1S/C15H19N5O2/c1-22-14-4-2-12(3-5-14)18-15(21)19-10-6-13(7-11-19)20-16-8-9-17-20/h2-5,8-9,13H,6-7,10-11H2,1H3,(H,18,21). The number of hydrogen-bond donors (Lipinski definition) is 1. The first-order chi connectivity index (χ1) is 10.8. The van der Waals surface area contributed by atoms with Crippen molar-refractivity contribution >= 4 is 11.7 Å². The number of urea groups is 1.